The van der Waals surface area contributed by atoms with Crippen LogP contribution in [0, 0.1) is 5.82 Å². The first-order valence-corrected chi connectivity index (χ1v) is 13.5. The second-order valence-corrected chi connectivity index (χ2v) is 10.3. The first-order valence-electron chi connectivity index (χ1n) is 11.4. The van der Waals surface area contributed by atoms with Gasteiger partial charge < -0.3 is 10.0 Å². The van der Waals surface area contributed by atoms with Crippen LogP contribution in [0.25, 0.3) is 16.9 Å². The molecule has 178 valence electrons. The molecule has 0 spiro atoms. The molecule has 1 aliphatic rings. The molecule has 1 aromatic carbocycles. The SMILES string of the molecule is CCc1nc2ccc(C3CCN(SC)CC3O)cn2c1N(C)c1nc(-c2ccc(F)cc2)cs1. The number of thiazole rings is 1. The summed E-state index contributed by atoms with van der Waals surface area (Å²) in [5.41, 5.74) is 4.72. The van der Waals surface area contributed by atoms with E-state index in [4.69, 9.17) is 9.97 Å². The standard InChI is InChI=1S/C25H28FN5OS2/c1-4-20-24(29(2)25-28-21(15-34-25)16-5-8-18(26)9-6-16)31-13-17(7-10-23(31)27-20)19-11-12-30(33-3)14-22(19)32/h5-10,13,15,19,22,32H,4,11-12,14H2,1-3H3. The van der Waals surface area contributed by atoms with Crippen LogP contribution >= 0.6 is 23.3 Å². The minimum atomic E-state index is -0.397. The van der Waals surface area contributed by atoms with Crippen molar-refractivity contribution in [3.05, 3.63) is 65.0 Å². The van der Waals surface area contributed by atoms with Gasteiger partial charge in [-0.25, -0.2) is 18.7 Å². The van der Waals surface area contributed by atoms with E-state index in [0.717, 1.165) is 58.5 Å². The van der Waals surface area contributed by atoms with Gasteiger partial charge in [-0.2, -0.15) is 0 Å². The number of rotatable bonds is 6. The maximum atomic E-state index is 13.3. The third kappa shape index (κ3) is 4.33. The number of aromatic nitrogens is 3. The first kappa shape index (κ1) is 23.3. The highest BCUT2D eigenvalue weighted by atomic mass is 32.2. The van der Waals surface area contributed by atoms with Gasteiger partial charge in [-0.15, -0.1) is 11.3 Å². The van der Waals surface area contributed by atoms with E-state index in [1.165, 1.54) is 12.1 Å². The van der Waals surface area contributed by atoms with Crippen LogP contribution in [-0.4, -0.2) is 56.3 Å². The molecule has 3 aromatic heterocycles. The second kappa shape index (κ2) is 9.65. The van der Waals surface area contributed by atoms with E-state index < -0.39 is 6.10 Å². The van der Waals surface area contributed by atoms with Crippen LogP contribution in [0.5, 0.6) is 0 Å². The van der Waals surface area contributed by atoms with Crippen molar-refractivity contribution in [1.82, 2.24) is 18.7 Å². The van der Waals surface area contributed by atoms with E-state index in [9.17, 15) is 9.50 Å². The molecular weight excluding hydrogens is 469 g/mol. The van der Waals surface area contributed by atoms with Crippen molar-refractivity contribution in [2.24, 2.45) is 0 Å². The molecule has 4 heterocycles. The average Bonchev–Trinajstić information content (AvgIpc) is 3.48. The Kier molecular flexibility index (Phi) is 6.61. The minimum Gasteiger partial charge on any atom is -0.391 e. The third-order valence-corrected chi connectivity index (χ3v) is 8.25. The molecule has 9 heteroatoms. The second-order valence-electron chi connectivity index (χ2n) is 8.54. The smallest absolute Gasteiger partial charge is 0.191 e. The molecule has 2 unspecified atom stereocenters. The number of aliphatic hydroxyl groups excluding tert-OH is 1. The van der Waals surface area contributed by atoms with Crippen molar-refractivity contribution < 1.29 is 9.50 Å². The van der Waals surface area contributed by atoms with Gasteiger partial charge in [-0.1, -0.05) is 24.9 Å². The van der Waals surface area contributed by atoms with Crippen LogP contribution in [0.1, 0.15) is 30.5 Å². The molecule has 6 nitrogen and oxygen atoms in total. The Balaban J connectivity index is 1.50. The minimum absolute atomic E-state index is 0.100. The van der Waals surface area contributed by atoms with Crippen molar-refractivity contribution in [1.29, 1.82) is 0 Å². The summed E-state index contributed by atoms with van der Waals surface area (Å²) in [6.07, 6.45) is 5.50. The number of aliphatic hydroxyl groups is 1. The Hall–Kier alpha value is -2.46. The van der Waals surface area contributed by atoms with Gasteiger partial charge in [0.15, 0.2) is 5.13 Å². The quantitative estimate of drug-likeness (QED) is 0.362. The van der Waals surface area contributed by atoms with Crippen molar-refractivity contribution in [2.75, 3.05) is 31.3 Å². The fraction of sp³-hybridized carbons (Fsp3) is 0.360. The Morgan fingerprint density at radius 1 is 1.21 bits per heavy atom. The number of benzene rings is 1. The Labute approximate surface area is 207 Å². The van der Waals surface area contributed by atoms with Crippen LogP contribution in [0.2, 0.25) is 0 Å². The molecule has 4 aromatic rings. The van der Waals surface area contributed by atoms with Gasteiger partial charge in [0, 0.05) is 43.2 Å². The van der Waals surface area contributed by atoms with E-state index in [1.54, 1.807) is 35.4 Å². The zero-order chi connectivity index (χ0) is 23.8. The molecule has 0 radical (unpaired) electrons. The van der Waals surface area contributed by atoms with Crippen molar-refractivity contribution in [3.63, 3.8) is 0 Å². The first-order chi connectivity index (χ1) is 16.5. The summed E-state index contributed by atoms with van der Waals surface area (Å²) in [7, 11) is 2.01. The Morgan fingerprint density at radius 2 is 2.00 bits per heavy atom. The van der Waals surface area contributed by atoms with Gasteiger partial charge in [0.1, 0.15) is 17.3 Å². The molecule has 2 atom stereocenters. The molecule has 0 bridgehead atoms. The zero-order valence-corrected chi connectivity index (χ0v) is 21.1. The van der Waals surface area contributed by atoms with Crippen LogP contribution in [0.15, 0.2) is 48.0 Å². The lowest BCUT2D eigenvalue weighted by atomic mass is 9.89. The van der Waals surface area contributed by atoms with Crippen molar-refractivity contribution >= 4 is 39.9 Å². The highest BCUT2D eigenvalue weighted by Gasteiger charge is 2.29. The number of aryl methyl sites for hydroxylation is 1. The van der Waals surface area contributed by atoms with Gasteiger partial charge in [0.2, 0.25) is 0 Å². The maximum absolute atomic E-state index is 13.3. The van der Waals surface area contributed by atoms with Gasteiger partial charge >= 0.3 is 0 Å². The third-order valence-electron chi connectivity index (χ3n) is 6.49. The van der Waals surface area contributed by atoms with Gasteiger partial charge in [0.05, 0.1) is 17.5 Å². The van der Waals surface area contributed by atoms with Crippen LogP contribution in [0.4, 0.5) is 15.3 Å². The molecule has 1 saturated heterocycles. The summed E-state index contributed by atoms with van der Waals surface area (Å²) in [6.45, 7) is 3.74. The predicted octanol–water partition coefficient (Wildman–Crippen LogP) is 5.36. The zero-order valence-electron chi connectivity index (χ0n) is 19.5. The van der Waals surface area contributed by atoms with E-state index in [2.05, 4.69) is 39.0 Å². The predicted molar refractivity (Wildman–Crippen MR) is 139 cm³/mol. The summed E-state index contributed by atoms with van der Waals surface area (Å²) in [5, 5.41) is 13.6. The Morgan fingerprint density at radius 3 is 2.71 bits per heavy atom. The van der Waals surface area contributed by atoms with Crippen molar-refractivity contribution in [2.45, 2.75) is 31.8 Å². The number of hydrogen-bond acceptors (Lipinski definition) is 7. The van der Waals surface area contributed by atoms with Gasteiger partial charge in [-0.3, -0.25) is 4.40 Å². The number of imidazole rings is 1. The monoisotopic (exact) mass is 497 g/mol. The highest BCUT2D eigenvalue weighted by Crippen LogP contribution is 2.36. The topological polar surface area (TPSA) is 56.9 Å². The number of pyridine rings is 1. The van der Waals surface area contributed by atoms with Gasteiger partial charge in [0.25, 0.3) is 0 Å². The Bertz CT molecular complexity index is 1290. The molecule has 1 N–H and O–H groups in total. The van der Waals surface area contributed by atoms with E-state index in [-0.39, 0.29) is 11.7 Å². The molecular formula is C25H28FN5OS2. The highest BCUT2D eigenvalue weighted by molar-refractivity contribution is 7.96. The number of halogens is 1. The summed E-state index contributed by atoms with van der Waals surface area (Å²) in [5.74, 6) is 0.827. The van der Waals surface area contributed by atoms with E-state index >= 15 is 0 Å². The number of hydrogen-bond donors (Lipinski definition) is 1. The largest absolute Gasteiger partial charge is 0.391 e. The molecule has 1 aliphatic heterocycles. The normalized spacial score (nSPS) is 19.1. The summed E-state index contributed by atoms with van der Waals surface area (Å²) in [4.78, 5) is 11.8. The maximum Gasteiger partial charge on any atom is 0.191 e. The fourth-order valence-electron chi connectivity index (χ4n) is 4.63. The average molecular weight is 498 g/mol. The number of nitrogens with zero attached hydrogens (tertiary/aromatic N) is 5. The summed E-state index contributed by atoms with van der Waals surface area (Å²) in [6, 6.07) is 10.6. The molecule has 1 fully saturated rings. The number of β-amino-alcohol motifs (C(OH)–C–C–N with tert-alkyl or cyclic N) is 1. The molecule has 0 saturated carbocycles. The van der Waals surface area contributed by atoms with Crippen LogP contribution in [0.3, 0.4) is 0 Å². The number of anilines is 2. The van der Waals surface area contributed by atoms with E-state index in [1.807, 2.05) is 18.5 Å². The summed E-state index contributed by atoms with van der Waals surface area (Å²) >= 11 is 3.24. The molecule has 5 rings (SSSR count). The number of fused-ring (bicyclic) bond motifs is 1. The van der Waals surface area contributed by atoms with Crippen molar-refractivity contribution in [3.8, 4) is 11.3 Å². The lowest BCUT2D eigenvalue weighted by molar-refractivity contribution is 0.0896. The number of piperidine rings is 1. The van der Waals surface area contributed by atoms with Gasteiger partial charge in [-0.05, 0) is 55.0 Å². The lowest BCUT2D eigenvalue weighted by Gasteiger charge is -2.34. The molecule has 0 aliphatic carbocycles. The molecule has 0 amide bonds. The lowest BCUT2D eigenvalue weighted by Crippen LogP contribution is -2.39. The van der Waals surface area contributed by atoms with Crippen LogP contribution in [-0.2, 0) is 6.42 Å². The van der Waals surface area contributed by atoms with Crippen LogP contribution < -0.4 is 4.90 Å². The van der Waals surface area contributed by atoms with E-state index in [0.29, 0.717) is 6.54 Å². The summed E-state index contributed by atoms with van der Waals surface area (Å²) < 4.78 is 17.7. The molecule has 34 heavy (non-hydrogen) atoms. The fourth-order valence-corrected chi connectivity index (χ4v) is 6.02.